The smallest absolute Gasteiger partial charge is 0.408 e. The summed E-state index contributed by atoms with van der Waals surface area (Å²) in [5, 5.41) is 21.5. The molecule has 2 aliphatic heterocycles. The fourth-order valence-corrected chi connectivity index (χ4v) is 8.60. The van der Waals surface area contributed by atoms with Crippen LogP contribution in [-0.2, 0) is 23.9 Å². The summed E-state index contributed by atoms with van der Waals surface area (Å²) in [5.41, 5.74) is 1.18. The van der Waals surface area contributed by atoms with Gasteiger partial charge in [0.1, 0.15) is 41.3 Å². The first-order valence-corrected chi connectivity index (χ1v) is 19.7. The molecule has 1 saturated heterocycles. The van der Waals surface area contributed by atoms with Gasteiger partial charge in [-0.25, -0.2) is 19.6 Å². The summed E-state index contributed by atoms with van der Waals surface area (Å²) >= 11 is 1.27. The van der Waals surface area contributed by atoms with Crippen molar-refractivity contribution in [2.75, 3.05) is 11.9 Å². The second-order valence-corrected chi connectivity index (χ2v) is 15.7. The Bertz CT molecular complexity index is 1980. The molecule has 7 rings (SSSR count). The van der Waals surface area contributed by atoms with Crippen LogP contribution in [0, 0.1) is 12.8 Å². The number of rotatable bonds is 7. The molecule has 4 aliphatic rings. The van der Waals surface area contributed by atoms with Crippen LogP contribution in [0.25, 0.3) is 22.3 Å². The predicted molar refractivity (Wildman–Crippen MR) is 201 cm³/mol. The average Bonchev–Trinajstić information content (AvgIpc) is 3.56. The Morgan fingerprint density at radius 2 is 1.83 bits per heavy atom. The monoisotopic (exact) mass is 758 g/mol. The second kappa shape index (κ2) is 15.7. The van der Waals surface area contributed by atoms with Gasteiger partial charge in [0, 0.05) is 36.1 Å². The predicted octanol–water partition coefficient (Wildman–Crippen LogP) is 5.49. The van der Waals surface area contributed by atoms with Crippen LogP contribution in [0.3, 0.4) is 0 Å². The number of para-hydroxylation sites is 1. The number of amides is 4. The van der Waals surface area contributed by atoms with Crippen molar-refractivity contribution in [1.82, 2.24) is 25.5 Å². The first-order valence-electron chi connectivity index (χ1n) is 18.8. The molecule has 4 amide bonds. The van der Waals surface area contributed by atoms with Gasteiger partial charge in [-0.1, -0.05) is 37.1 Å². The molecule has 54 heavy (non-hydrogen) atoms. The number of alkyl carbamates (subject to hydrolysis) is 1. The lowest BCUT2D eigenvalue weighted by molar-refractivity contribution is -0.145. The van der Waals surface area contributed by atoms with Crippen molar-refractivity contribution in [2.45, 2.75) is 114 Å². The van der Waals surface area contributed by atoms with Gasteiger partial charge < -0.3 is 35.4 Å². The van der Waals surface area contributed by atoms with E-state index >= 15 is 0 Å². The third kappa shape index (κ3) is 8.05. The van der Waals surface area contributed by atoms with Crippen LogP contribution >= 0.6 is 11.3 Å². The Labute approximate surface area is 317 Å². The van der Waals surface area contributed by atoms with E-state index in [1.807, 2.05) is 37.3 Å². The average molecular weight is 759 g/mol. The second-order valence-electron chi connectivity index (χ2n) is 14.8. The van der Waals surface area contributed by atoms with E-state index in [0.29, 0.717) is 40.6 Å². The number of hydrogen-bond donors (Lipinski definition) is 4. The SMILES string of the molecule is CC(=O)Nc1nc(-c2cc(O[C@@H]3C[C@H]4C(=O)N[C@]5(C(=O)O)C[C@@H]5/C=C\CCCCC[C@@H](NC(=O)OC5CCCC5)C(=O)N4C3)c3cccc(C)c3n2)cs1. The fraction of sp³-hybridized carbons (Fsp3) is 0.513. The van der Waals surface area contributed by atoms with Crippen molar-refractivity contribution in [1.29, 1.82) is 0 Å². The van der Waals surface area contributed by atoms with E-state index in [1.54, 1.807) is 11.4 Å². The standard InChI is InChI=1S/C39H46N6O8S/c1-22-11-10-15-27-32(18-29(41-33(22)27)30-21-54-37(42-30)40-23(2)46)52-26-17-31-34(47)44-39(36(49)50)19-24(39)12-6-4-3-5-7-16-28(35(48)45(31)20-26)43-38(51)53-25-13-8-9-14-25/h6,10-12,15,18,21,24-26,28,31H,3-5,7-9,13-14,16-17,19-20H2,1-2H3,(H,43,51)(H,44,47)(H,49,50)(H,40,42,46)/b12-6-/t24-,26+,28+,31-,39+/m0/s1. The quantitative estimate of drug-likeness (QED) is 0.224. The Morgan fingerprint density at radius 1 is 1.04 bits per heavy atom. The van der Waals surface area contributed by atoms with Crippen LogP contribution in [0.15, 0.2) is 41.8 Å². The van der Waals surface area contributed by atoms with E-state index in [9.17, 15) is 29.1 Å². The van der Waals surface area contributed by atoms with E-state index in [-0.39, 0.29) is 37.3 Å². The molecular weight excluding hydrogens is 713 g/mol. The molecule has 4 heterocycles. The molecule has 2 aliphatic carbocycles. The van der Waals surface area contributed by atoms with Gasteiger partial charge in [-0.05, 0) is 69.9 Å². The number of nitrogens with zero attached hydrogens (tertiary/aromatic N) is 3. The van der Waals surface area contributed by atoms with E-state index < -0.39 is 47.6 Å². The number of ether oxygens (including phenoxy) is 2. The zero-order valence-corrected chi connectivity index (χ0v) is 31.3. The molecular formula is C39H46N6O8S. The van der Waals surface area contributed by atoms with E-state index in [2.05, 4.69) is 20.9 Å². The minimum Gasteiger partial charge on any atom is -0.488 e. The molecule has 2 saturated carbocycles. The maximum atomic E-state index is 14.5. The Hall–Kier alpha value is -5.05. The number of benzene rings is 1. The topological polar surface area (TPSA) is 189 Å². The van der Waals surface area contributed by atoms with Gasteiger partial charge in [0.05, 0.1) is 17.8 Å². The molecule has 0 radical (unpaired) electrons. The molecule has 2 aromatic heterocycles. The number of carboxylic acids is 1. The number of anilines is 1. The molecule has 4 N–H and O–H groups in total. The Balaban J connectivity index is 1.20. The summed E-state index contributed by atoms with van der Waals surface area (Å²) in [4.78, 5) is 76.8. The number of carboxylic acid groups (broad SMARTS) is 1. The molecule has 0 spiro atoms. The Morgan fingerprint density at radius 3 is 2.61 bits per heavy atom. The fourth-order valence-electron chi connectivity index (χ4n) is 7.85. The summed E-state index contributed by atoms with van der Waals surface area (Å²) in [6.45, 7) is 3.36. The molecule has 1 aromatic carbocycles. The number of allylic oxidation sites excluding steroid dienone is 1. The van der Waals surface area contributed by atoms with Gasteiger partial charge in [-0.15, -0.1) is 11.3 Å². The van der Waals surface area contributed by atoms with Gasteiger partial charge >= 0.3 is 12.1 Å². The number of pyridine rings is 1. The van der Waals surface area contributed by atoms with E-state index in [0.717, 1.165) is 55.9 Å². The number of carbonyl (C=O) groups is 5. The molecule has 15 heteroatoms. The van der Waals surface area contributed by atoms with Gasteiger partial charge in [0.25, 0.3) is 0 Å². The van der Waals surface area contributed by atoms with Crippen molar-refractivity contribution in [3.8, 4) is 17.1 Å². The van der Waals surface area contributed by atoms with Gasteiger partial charge in [-0.2, -0.15) is 0 Å². The zero-order chi connectivity index (χ0) is 38.0. The number of hydrogen-bond acceptors (Lipinski definition) is 10. The summed E-state index contributed by atoms with van der Waals surface area (Å²) < 4.78 is 12.4. The maximum absolute atomic E-state index is 14.5. The lowest BCUT2D eigenvalue weighted by Crippen LogP contribution is -2.56. The van der Waals surface area contributed by atoms with Crippen molar-refractivity contribution in [3.63, 3.8) is 0 Å². The van der Waals surface area contributed by atoms with Gasteiger partial charge in [-0.3, -0.25) is 14.4 Å². The minimum atomic E-state index is -1.46. The highest BCUT2D eigenvalue weighted by Gasteiger charge is 2.61. The highest BCUT2D eigenvalue weighted by Crippen LogP contribution is 2.45. The first kappa shape index (κ1) is 37.3. The largest absolute Gasteiger partial charge is 0.488 e. The van der Waals surface area contributed by atoms with Crippen LogP contribution in [0.2, 0.25) is 0 Å². The summed E-state index contributed by atoms with van der Waals surface area (Å²) in [6, 6.07) is 5.47. The Kier molecular flexibility index (Phi) is 10.9. The number of fused-ring (bicyclic) bond motifs is 3. The van der Waals surface area contributed by atoms with Crippen LogP contribution in [0.1, 0.15) is 83.1 Å². The summed E-state index contributed by atoms with van der Waals surface area (Å²) in [5.74, 6) is -2.28. The van der Waals surface area contributed by atoms with Crippen molar-refractivity contribution >= 4 is 57.2 Å². The normalized spacial score (nSPS) is 26.8. The molecule has 5 atom stereocenters. The van der Waals surface area contributed by atoms with Crippen LogP contribution in [-0.4, -0.2) is 86.1 Å². The number of aromatic nitrogens is 2. The lowest BCUT2D eigenvalue weighted by Gasteiger charge is -2.29. The van der Waals surface area contributed by atoms with E-state index in [1.165, 1.54) is 23.2 Å². The number of aliphatic carboxylic acids is 1. The van der Waals surface area contributed by atoms with Crippen molar-refractivity contribution < 1.29 is 38.6 Å². The van der Waals surface area contributed by atoms with Crippen molar-refractivity contribution in [2.24, 2.45) is 5.92 Å². The van der Waals surface area contributed by atoms with Crippen molar-refractivity contribution in [3.05, 3.63) is 47.4 Å². The lowest BCUT2D eigenvalue weighted by atomic mass is 10.0. The summed E-state index contributed by atoms with van der Waals surface area (Å²) in [6.07, 6.45) is 9.58. The third-order valence-corrected chi connectivity index (χ3v) is 11.6. The third-order valence-electron chi connectivity index (χ3n) is 10.8. The van der Waals surface area contributed by atoms with Crippen LogP contribution in [0.4, 0.5) is 9.93 Å². The molecule has 14 nitrogen and oxygen atoms in total. The number of aryl methyl sites for hydroxylation is 1. The zero-order valence-electron chi connectivity index (χ0n) is 30.5. The summed E-state index contributed by atoms with van der Waals surface area (Å²) in [7, 11) is 0. The molecule has 0 unspecified atom stereocenters. The minimum absolute atomic E-state index is 0.0184. The highest BCUT2D eigenvalue weighted by molar-refractivity contribution is 7.14. The van der Waals surface area contributed by atoms with Crippen LogP contribution in [0.5, 0.6) is 5.75 Å². The number of nitrogens with one attached hydrogen (secondary N) is 3. The van der Waals surface area contributed by atoms with E-state index in [4.69, 9.17) is 14.5 Å². The first-order chi connectivity index (χ1) is 26.0. The maximum Gasteiger partial charge on any atom is 0.408 e. The number of carbonyl (C=O) groups excluding carboxylic acids is 4. The highest BCUT2D eigenvalue weighted by atomic mass is 32.1. The molecule has 3 fully saturated rings. The van der Waals surface area contributed by atoms with Crippen LogP contribution < -0.4 is 20.7 Å². The molecule has 3 aromatic rings. The molecule has 286 valence electrons. The number of thiazole rings is 1. The van der Waals surface area contributed by atoms with Gasteiger partial charge in [0.15, 0.2) is 5.13 Å². The molecule has 0 bridgehead atoms. The van der Waals surface area contributed by atoms with Gasteiger partial charge in [0.2, 0.25) is 17.7 Å².